The highest BCUT2D eigenvalue weighted by atomic mass is 15.0. The smallest absolute Gasteiger partial charge is 0.144 e. The van der Waals surface area contributed by atoms with Crippen molar-refractivity contribution in [3.63, 3.8) is 0 Å². The molecule has 0 aliphatic rings. The maximum Gasteiger partial charge on any atom is 0.144 e. The monoisotopic (exact) mass is 164 g/mol. The molecule has 4 nitrogen and oxygen atoms in total. The van der Waals surface area contributed by atoms with Crippen molar-refractivity contribution in [3.8, 4) is 0 Å². The summed E-state index contributed by atoms with van der Waals surface area (Å²) in [6, 6.07) is 0. The van der Waals surface area contributed by atoms with Crippen molar-refractivity contribution in [1.82, 2.24) is 9.97 Å². The Morgan fingerprint density at radius 2 is 2.33 bits per heavy atom. The standard InChI is InChI=1S/C8H12N4/c1-2-3-4-10-8-6-11-7(9)5-12-8/h2-3,5-6H,4H2,1H3,(H2,9,11)(H,10,12)/b3-2+. The fourth-order valence-electron chi connectivity index (χ4n) is 0.711. The average Bonchev–Trinajstić information content (AvgIpc) is 2.09. The van der Waals surface area contributed by atoms with Gasteiger partial charge in [0.2, 0.25) is 0 Å². The predicted octanol–water partition coefficient (Wildman–Crippen LogP) is 1.05. The number of aromatic nitrogens is 2. The van der Waals surface area contributed by atoms with Crippen LogP contribution in [0.15, 0.2) is 24.5 Å². The molecule has 1 rings (SSSR count). The SMILES string of the molecule is C/C=C/CNc1cnc(N)cn1. The second-order valence-electron chi connectivity index (χ2n) is 2.28. The summed E-state index contributed by atoms with van der Waals surface area (Å²) in [7, 11) is 0. The third-order valence-corrected chi connectivity index (χ3v) is 1.31. The zero-order chi connectivity index (χ0) is 8.81. The molecular formula is C8H12N4. The number of hydrogen-bond acceptors (Lipinski definition) is 4. The van der Waals surface area contributed by atoms with Gasteiger partial charge in [-0.3, -0.25) is 0 Å². The van der Waals surface area contributed by atoms with Crippen LogP contribution in [0.1, 0.15) is 6.92 Å². The maximum absolute atomic E-state index is 5.37. The molecule has 0 saturated carbocycles. The van der Waals surface area contributed by atoms with Crippen LogP contribution in [0.3, 0.4) is 0 Å². The molecule has 1 heterocycles. The van der Waals surface area contributed by atoms with E-state index in [1.165, 1.54) is 6.20 Å². The number of hydrogen-bond donors (Lipinski definition) is 2. The molecule has 0 aliphatic heterocycles. The molecule has 1 aromatic rings. The van der Waals surface area contributed by atoms with Crippen LogP contribution in [0.5, 0.6) is 0 Å². The molecule has 0 saturated heterocycles. The number of nitrogen functional groups attached to an aromatic ring is 1. The number of anilines is 2. The van der Waals surface area contributed by atoms with Crippen molar-refractivity contribution in [2.75, 3.05) is 17.6 Å². The second kappa shape index (κ2) is 4.33. The molecule has 0 fully saturated rings. The molecule has 1 aromatic heterocycles. The molecule has 0 atom stereocenters. The van der Waals surface area contributed by atoms with E-state index in [4.69, 9.17) is 5.73 Å². The van der Waals surface area contributed by atoms with Crippen molar-refractivity contribution < 1.29 is 0 Å². The molecule has 0 aliphatic carbocycles. The first-order chi connectivity index (χ1) is 5.83. The van der Waals surface area contributed by atoms with Crippen molar-refractivity contribution in [1.29, 1.82) is 0 Å². The van der Waals surface area contributed by atoms with E-state index in [-0.39, 0.29) is 0 Å². The van der Waals surface area contributed by atoms with Gasteiger partial charge in [0.15, 0.2) is 0 Å². The van der Waals surface area contributed by atoms with Gasteiger partial charge in [0.1, 0.15) is 11.6 Å². The first-order valence-corrected chi connectivity index (χ1v) is 3.75. The summed E-state index contributed by atoms with van der Waals surface area (Å²) in [4.78, 5) is 7.90. The molecule has 0 radical (unpaired) electrons. The molecule has 4 heteroatoms. The molecule has 0 aromatic carbocycles. The van der Waals surface area contributed by atoms with E-state index in [0.717, 1.165) is 12.4 Å². The molecule has 0 bridgehead atoms. The van der Waals surface area contributed by atoms with Crippen LogP contribution in [-0.2, 0) is 0 Å². The Bertz CT molecular complexity index is 252. The highest BCUT2D eigenvalue weighted by Crippen LogP contribution is 2.00. The Balaban J connectivity index is 2.47. The summed E-state index contributed by atoms with van der Waals surface area (Å²) >= 11 is 0. The number of nitrogens with two attached hydrogens (primary N) is 1. The van der Waals surface area contributed by atoms with Gasteiger partial charge in [-0.25, -0.2) is 9.97 Å². The van der Waals surface area contributed by atoms with Gasteiger partial charge < -0.3 is 11.1 Å². The van der Waals surface area contributed by atoms with Crippen LogP contribution in [0.25, 0.3) is 0 Å². The molecule has 0 spiro atoms. The Hall–Kier alpha value is -1.58. The number of allylic oxidation sites excluding steroid dienone is 1. The summed E-state index contributed by atoms with van der Waals surface area (Å²) < 4.78 is 0. The highest BCUT2D eigenvalue weighted by molar-refractivity contribution is 5.36. The highest BCUT2D eigenvalue weighted by Gasteiger charge is 1.90. The third kappa shape index (κ3) is 2.57. The van der Waals surface area contributed by atoms with Gasteiger partial charge in [-0.05, 0) is 6.92 Å². The molecule has 12 heavy (non-hydrogen) atoms. The van der Waals surface area contributed by atoms with Crippen LogP contribution >= 0.6 is 0 Å². The summed E-state index contributed by atoms with van der Waals surface area (Å²) in [5.74, 6) is 1.17. The molecule has 0 unspecified atom stereocenters. The summed E-state index contributed by atoms with van der Waals surface area (Å²) in [5.41, 5.74) is 5.37. The van der Waals surface area contributed by atoms with Crippen molar-refractivity contribution in [2.45, 2.75) is 6.92 Å². The maximum atomic E-state index is 5.37. The predicted molar refractivity (Wildman–Crippen MR) is 49.7 cm³/mol. The lowest BCUT2D eigenvalue weighted by Crippen LogP contribution is -2.01. The van der Waals surface area contributed by atoms with Crippen molar-refractivity contribution in [3.05, 3.63) is 24.5 Å². The minimum atomic E-state index is 0.437. The Labute approximate surface area is 71.5 Å². The van der Waals surface area contributed by atoms with Gasteiger partial charge >= 0.3 is 0 Å². The summed E-state index contributed by atoms with van der Waals surface area (Å²) in [5, 5.41) is 3.06. The third-order valence-electron chi connectivity index (χ3n) is 1.31. The number of nitrogens with zero attached hydrogens (tertiary/aromatic N) is 2. The van der Waals surface area contributed by atoms with Gasteiger partial charge in [0, 0.05) is 6.54 Å². The summed E-state index contributed by atoms with van der Waals surface area (Å²) in [6.45, 7) is 2.73. The zero-order valence-corrected chi connectivity index (χ0v) is 6.99. The first kappa shape index (κ1) is 8.52. The van der Waals surface area contributed by atoms with E-state index < -0.39 is 0 Å². The van der Waals surface area contributed by atoms with E-state index in [0.29, 0.717) is 5.82 Å². The molecular weight excluding hydrogens is 152 g/mol. The van der Waals surface area contributed by atoms with Crippen LogP contribution < -0.4 is 11.1 Å². The van der Waals surface area contributed by atoms with Gasteiger partial charge in [0.05, 0.1) is 12.4 Å². The number of rotatable bonds is 3. The average molecular weight is 164 g/mol. The van der Waals surface area contributed by atoms with E-state index >= 15 is 0 Å². The number of nitrogens with one attached hydrogen (secondary N) is 1. The van der Waals surface area contributed by atoms with Crippen LogP contribution in [0.4, 0.5) is 11.6 Å². The normalized spacial score (nSPS) is 10.4. The van der Waals surface area contributed by atoms with Gasteiger partial charge in [-0.1, -0.05) is 12.2 Å². The second-order valence-corrected chi connectivity index (χ2v) is 2.28. The topological polar surface area (TPSA) is 63.8 Å². The lowest BCUT2D eigenvalue weighted by atomic mass is 10.5. The van der Waals surface area contributed by atoms with Gasteiger partial charge in [0.25, 0.3) is 0 Å². The lowest BCUT2D eigenvalue weighted by molar-refractivity contribution is 1.17. The minimum Gasteiger partial charge on any atom is -0.382 e. The molecule has 64 valence electrons. The van der Waals surface area contributed by atoms with E-state index in [1.807, 2.05) is 19.1 Å². The fraction of sp³-hybridized carbons (Fsp3) is 0.250. The lowest BCUT2D eigenvalue weighted by Gasteiger charge is -2.00. The van der Waals surface area contributed by atoms with Crippen LogP contribution in [-0.4, -0.2) is 16.5 Å². The van der Waals surface area contributed by atoms with Gasteiger partial charge in [-0.15, -0.1) is 0 Å². The van der Waals surface area contributed by atoms with E-state index in [2.05, 4.69) is 15.3 Å². The van der Waals surface area contributed by atoms with Gasteiger partial charge in [-0.2, -0.15) is 0 Å². The van der Waals surface area contributed by atoms with E-state index in [1.54, 1.807) is 6.20 Å². The Kier molecular flexibility index (Phi) is 3.07. The Morgan fingerprint density at radius 1 is 1.50 bits per heavy atom. The van der Waals surface area contributed by atoms with Crippen molar-refractivity contribution >= 4 is 11.6 Å². The fourth-order valence-corrected chi connectivity index (χ4v) is 0.711. The molecule has 3 N–H and O–H groups in total. The summed E-state index contributed by atoms with van der Waals surface area (Å²) in [6.07, 6.45) is 7.10. The first-order valence-electron chi connectivity index (χ1n) is 3.75. The minimum absolute atomic E-state index is 0.437. The quantitative estimate of drug-likeness (QED) is 0.655. The molecule has 0 amide bonds. The van der Waals surface area contributed by atoms with Crippen LogP contribution in [0.2, 0.25) is 0 Å². The Morgan fingerprint density at radius 3 is 2.92 bits per heavy atom. The van der Waals surface area contributed by atoms with E-state index in [9.17, 15) is 0 Å². The van der Waals surface area contributed by atoms with Crippen molar-refractivity contribution in [2.24, 2.45) is 0 Å². The zero-order valence-electron chi connectivity index (χ0n) is 6.99. The van der Waals surface area contributed by atoms with Crippen LogP contribution in [0, 0.1) is 0 Å². The largest absolute Gasteiger partial charge is 0.382 e.